The van der Waals surface area contributed by atoms with Crippen LogP contribution in [0.25, 0.3) is 22.2 Å². The molecule has 0 unspecified atom stereocenters. The number of aromatic amines is 1. The number of Topliss-reactive ketones (excluding diaryl/α,β-unsaturated/α-hetero) is 1. The molecule has 7 heteroatoms. The molecule has 1 aliphatic rings. The number of fused-ring (bicyclic) bond motifs is 1. The number of halogens is 2. The van der Waals surface area contributed by atoms with Gasteiger partial charge in [-0.1, -0.05) is 18.2 Å². The Bertz CT molecular complexity index is 1420. The molecule has 1 aromatic heterocycles. The first kappa shape index (κ1) is 23.7. The van der Waals surface area contributed by atoms with Gasteiger partial charge in [0, 0.05) is 54.8 Å². The number of amides is 1. The van der Waals surface area contributed by atoms with Gasteiger partial charge in [0.2, 0.25) is 5.91 Å². The maximum absolute atomic E-state index is 14.6. The Kier molecular flexibility index (Phi) is 6.55. The standard InChI is InChI=1S/C29H27F2N3O2/c1-19(35)21-8-12-27(25(31)18-21)33-14-16-34(17-15-33)28(36)13-11-24-23-4-2-3-5-26(23)32-29(24)20-6-9-22(30)10-7-20/h2-10,12,18,32H,11,13-17H2,1H3. The number of H-pyrrole nitrogens is 1. The van der Waals surface area contributed by atoms with Crippen molar-refractivity contribution in [2.45, 2.75) is 19.8 Å². The maximum atomic E-state index is 14.6. The summed E-state index contributed by atoms with van der Waals surface area (Å²) in [5.41, 5.74) is 4.60. The second-order valence-electron chi connectivity index (χ2n) is 9.12. The zero-order chi connectivity index (χ0) is 25.2. The van der Waals surface area contributed by atoms with Crippen LogP contribution in [0, 0.1) is 11.6 Å². The summed E-state index contributed by atoms with van der Waals surface area (Å²) in [6.07, 6.45) is 0.897. The second-order valence-corrected chi connectivity index (χ2v) is 9.12. The van der Waals surface area contributed by atoms with E-state index in [4.69, 9.17) is 0 Å². The lowest BCUT2D eigenvalue weighted by atomic mass is 10.0. The van der Waals surface area contributed by atoms with Gasteiger partial charge in [-0.3, -0.25) is 9.59 Å². The molecule has 1 amide bonds. The molecule has 0 bridgehead atoms. The highest BCUT2D eigenvalue weighted by Crippen LogP contribution is 2.32. The lowest BCUT2D eigenvalue weighted by Gasteiger charge is -2.36. The largest absolute Gasteiger partial charge is 0.366 e. The summed E-state index contributed by atoms with van der Waals surface area (Å²) >= 11 is 0. The first-order valence-electron chi connectivity index (χ1n) is 12.1. The van der Waals surface area contributed by atoms with Crippen molar-refractivity contribution in [1.29, 1.82) is 0 Å². The number of aromatic nitrogens is 1. The number of ketones is 1. The molecule has 2 heterocycles. The van der Waals surface area contributed by atoms with E-state index in [9.17, 15) is 18.4 Å². The summed E-state index contributed by atoms with van der Waals surface area (Å²) in [5.74, 6) is -0.832. The third kappa shape index (κ3) is 4.73. The fraction of sp³-hybridized carbons (Fsp3) is 0.241. The highest BCUT2D eigenvalue weighted by molar-refractivity contribution is 5.94. The number of aryl methyl sites for hydroxylation is 1. The van der Waals surface area contributed by atoms with Crippen LogP contribution in [0.15, 0.2) is 66.7 Å². The third-order valence-electron chi connectivity index (χ3n) is 6.86. The Balaban J connectivity index is 1.26. The number of anilines is 1. The predicted octanol–water partition coefficient (Wildman–Crippen LogP) is 5.60. The fourth-order valence-electron chi connectivity index (χ4n) is 4.89. The van der Waals surface area contributed by atoms with E-state index in [0.717, 1.165) is 27.7 Å². The number of carbonyl (C=O) groups is 2. The minimum Gasteiger partial charge on any atom is -0.366 e. The number of carbonyl (C=O) groups excluding carboxylic acids is 2. The summed E-state index contributed by atoms with van der Waals surface area (Å²) in [6, 6.07) is 18.9. The van der Waals surface area contributed by atoms with Crippen LogP contribution in [0.5, 0.6) is 0 Å². The topological polar surface area (TPSA) is 56.4 Å². The van der Waals surface area contributed by atoms with E-state index in [1.807, 2.05) is 34.1 Å². The zero-order valence-electron chi connectivity index (χ0n) is 20.1. The molecule has 3 aromatic carbocycles. The maximum Gasteiger partial charge on any atom is 0.223 e. The molecule has 1 saturated heterocycles. The molecule has 0 aliphatic carbocycles. The quantitative estimate of drug-likeness (QED) is 0.361. The molecule has 0 spiro atoms. The SMILES string of the molecule is CC(=O)c1ccc(N2CCN(C(=O)CCc3c(-c4ccc(F)cc4)[nH]c4ccccc34)CC2)c(F)c1. The summed E-state index contributed by atoms with van der Waals surface area (Å²) in [6.45, 7) is 3.47. The molecule has 1 aliphatic heterocycles. The number of benzene rings is 3. The lowest BCUT2D eigenvalue weighted by Crippen LogP contribution is -2.49. The lowest BCUT2D eigenvalue weighted by molar-refractivity contribution is -0.131. The van der Waals surface area contributed by atoms with Crippen molar-refractivity contribution in [3.63, 3.8) is 0 Å². The molecular weight excluding hydrogens is 460 g/mol. The third-order valence-corrected chi connectivity index (χ3v) is 6.86. The van der Waals surface area contributed by atoms with Gasteiger partial charge in [0.05, 0.1) is 5.69 Å². The normalized spacial score (nSPS) is 13.9. The van der Waals surface area contributed by atoms with Gasteiger partial charge in [0.25, 0.3) is 0 Å². The van der Waals surface area contributed by atoms with Gasteiger partial charge in [-0.15, -0.1) is 0 Å². The molecule has 1 fully saturated rings. The minimum atomic E-state index is -0.421. The molecule has 0 saturated carbocycles. The highest BCUT2D eigenvalue weighted by atomic mass is 19.1. The Labute approximate surface area is 208 Å². The minimum absolute atomic E-state index is 0.0531. The van der Waals surface area contributed by atoms with Crippen molar-refractivity contribution < 1.29 is 18.4 Å². The number of para-hydroxylation sites is 1. The molecule has 36 heavy (non-hydrogen) atoms. The van der Waals surface area contributed by atoms with Crippen LogP contribution in [0.2, 0.25) is 0 Å². The van der Waals surface area contributed by atoms with Crippen LogP contribution in [-0.2, 0) is 11.2 Å². The molecule has 184 valence electrons. The highest BCUT2D eigenvalue weighted by Gasteiger charge is 2.24. The number of hydrogen-bond acceptors (Lipinski definition) is 3. The van der Waals surface area contributed by atoms with Crippen LogP contribution < -0.4 is 4.90 Å². The van der Waals surface area contributed by atoms with E-state index < -0.39 is 5.82 Å². The van der Waals surface area contributed by atoms with Crippen LogP contribution in [0.3, 0.4) is 0 Å². The summed E-state index contributed by atoms with van der Waals surface area (Å²) < 4.78 is 28.0. The van der Waals surface area contributed by atoms with Gasteiger partial charge in [0.1, 0.15) is 11.6 Å². The average molecular weight is 488 g/mol. The monoisotopic (exact) mass is 487 g/mol. The van der Waals surface area contributed by atoms with E-state index in [1.165, 1.54) is 25.1 Å². The van der Waals surface area contributed by atoms with Crippen LogP contribution in [0.4, 0.5) is 14.5 Å². The second kappa shape index (κ2) is 9.93. The van der Waals surface area contributed by atoms with Crippen LogP contribution in [0.1, 0.15) is 29.3 Å². The number of nitrogens with zero attached hydrogens (tertiary/aromatic N) is 2. The average Bonchev–Trinajstić information content (AvgIpc) is 3.26. The van der Waals surface area contributed by atoms with Gasteiger partial charge >= 0.3 is 0 Å². The van der Waals surface area contributed by atoms with Crippen molar-refractivity contribution in [2.75, 3.05) is 31.1 Å². The number of rotatable bonds is 6. The molecule has 4 aromatic rings. The van der Waals surface area contributed by atoms with E-state index in [0.29, 0.717) is 50.3 Å². The fourth-order valence-corrected chi connectivity index (χ4v) is 4.89. The molecule has 5 rings (SSSR count). The van der Waals surface area contributed by atoms with Gasteiger partial charge in [-0.25, -0.2) is 8.78 Å². The smallest absolute Gasteiger partial charge is 0.223 e. The van der Waals surface area contributed by atoms with Gasteiger partial charge in [0.15, 0.2) is 5.78 Å². The summed E-state index contributed by atoms with van der Waals surface area (Å²) in [4.78, 5) is 31.8. The molecular formula is C29H27F2N3O2. The van der Waals surface area contributed by atoms with E-state index >= 15 is 0 Å². The summed E-state index contributed by atoms with van der Waals surface area (Å²) in [7, 11) is 0. The van der Waals surface area contributed by atoms with E-state index in [-0.39, 0.29) is 17.5 Å². The van der Waals surface area contributed by atoms with Crippen molar-refractivity contribution in [1.82, 2.24) is 9.88 Å². The van der Waals surface area contributed by atoms with Crippen molar-refractivity contribution >= 4 is 28.3 Å². The van der Waals surface area contributed by atoms with Crippen LogP contribution >= 0.6 is 0 Å². The van der Waals surface area contributed by atoms with E-state index in [1.54, 1.807) is 24.3 Å². The van der Waals surface area contributed by atoms with E-state index in [2.05, 4.69) is 4.98 Å². The van der Waals surface area contributed by atoms with Gasteiger partial charge in [-0.2, -0.15) is 0 Å². The molecule has 0 radical (unpaired) electrons. The predicted molar refractivity (Wildman–Crippen MR) is 137 cm³/mol. The van der Waals surface area contributed by atoms with Crippen molar-refractivity contribution in [3.05, 3.63) is 89.5 Å². The zero-order valence-corrected chi connectivity index (χ0v) is 20.1. The Hall–Kier alpha value is -4.00. The van der Waals surface area contributed by atoms with Gasteiger partial charge in [-0.05, 0) is 73.0 Å². The number of piperazine rings is 1. The van der Waals surface area contributed by atoms with Gasteiger partial charge < -0.3 is 14.8 Å². The van der Waals surface area contributed by atoms with Crippen molar-refractivity contribution in [2.24, 2.45) is 0 Å². The van der Waals surface area contributed by atoms with Crippen molar-refractivity contribution in [3.8, 4) is 11.3 Å². The Morgan fingerprint density at radius 2 is 1.64 bits per heavy atom. The first-order valence-corrected chi connectivity index (χ1v) is 12.1. The molecule has 1 N–H and O–H groups in total. The van der Waals surface area contributed by atoms with Crippen LogP contribution in [-0.4, -0.2) is 47.8 Å². The first-order chi connectivity index (χ1) is 17.4. The number of nitrogens with one attached hydrogen (secondary N) is 1. The summed E-state index contributed by atoms with van der Waals surface area (Å²) in [5, 5.41) is 1.05. The number of hydrogen-bond donors (Lipinski definition) is 1. The molecule has 0 atom stereocenters. The Morgan fingerprint density at radius 3 is 2.33 bits per heavy atom. The molecule has 5 nitrogen and oxygen atoms in total. The Morgan fingerprint density at radius 1 is 0.917 bits per heavy atom.